The number of ketones is 1. The molecule has 0 aliphatic heterocycles. The fourth-order valence-corrected chi connectivity index (χ4v) is 1.67. The quantitative estimate of drug-likeness (QED) is 0.589. The van der Waals surface area contributed by atoms with Crippen molar-refractivity contribution >= 4 is 17.4 Å². The van der Waals surface area contributed by atoms with E-state index >= 15 is 0 Å². The van der Waals surface area contributed by atoms with E-state index in [2.05, 4.69) is 0 Å². The molecular formula is C13H11ClNO+. The van der Waals surface area contributed by atoms with Gasteiger partial charge in [0.2, 0.25) is 12.3 Å². The highest BCUT2D eigenvalue weighted by Gasteiger charge is 2.11. The second-order valence-corrected chi connectivity index (χ2v) is 3.92. The molecule has 0 N–H and O–H groups in total. The van der Waals surface area contributed by atoms with Gasteiger partial charge in [0, 0.05) is 11.6 Å². The molecule has 0 spiro atoms. The van der Waals surface area contributed by atoms with Crippen LogP contribution in [0, 0.1) is 0 Å². The molecule has 0 radical (unpaired) electrons. The number of nitrogens with zero attached hydrogens (tertiary/aromatic N) is 1. The van der Waals surface area contributed by atoms with Crippen LogP contribution in [0.1, 0.15) is 10.4 Å². The van der Waals surface area contributed by atoms with Crippen molar-refractivity contribution in [1.82, 2.24) is 0 Å². The molecule has 0 aliphatic rings. The zero-order valence-electron chi connectivity index (χ0n) is 8.64. The van der Waals surface area contributed by atoms with E-state index in [4.69, 9.17) is 11.6 Å². The Bertz CT molecular complexity index is 496. The first-order chi connectivity index (χ1) is 7.75. The minimum atomic E-state index is 0.0767. The number of rotatable bonds is 3. The maximum absolute atomic E-state index is 11.9. The van der Waals surface area contributed by atoms with Gasteiger partial charge >= 0.3 is 0 Å². The van der Waals surface area contributed by atoms with Crippen molar-refractivity contribution in [3.8, 4) is 0 Å². The van der Waals surface area contributed by atoms with Crippen LogP contribution in [0.2, 0.25) is 5.02 Å². The van der Waals surface area contributed by atoms with E-state index in [0.717, 1.165) is 5.56 Å². The Morgan fingerprint density at radius 2 is 1.88 bits per heavy atom. The Labute approximate surface area is 99.1 Å². The zero-order chi connectivity index (χ0) is 11.4. The molecule has 0 saturated heterocycles. The predicted molar refractivity (Wildman–Crippen MR) is 62.4 cm³/mol. The van der Waals surface area contributed by atoms with Crippen molar-refractivity contribution in [2.45, 2.75) is 6.54 Å². The second-order valence-electron chi connectivity index (χ2n) is 3.48. The normalized spacial score (nSPS) is 10.1. The van der Waals surface area contributed by atoms with E-state index in [0.29, 0.717) is 11.6 Å². The van der Waals surface area contributed by atoms with Crippen LogP contribution >= 0.6 is 11.6 Å². The summed E-state index contributed by atoms with van der Waals surface area (Å²) in [5.41, 5.74) is 0.718. The zero-order valence-corrected chi connectivity index (χ0v) is 9.39. The topological polar surface area (TPSA) is 20.9 Å². The minimum Gasteiger partial charge on any atom is -0.287 e. The molecule has 80 valence electrons. The lowest BCUT2D eigenvalue weighted by molar-refractivity contribution is -0.683. The summed E-state index contributed by atoms with van der Waals surface area (Å²) in [6.45, 7) is 0.310. The molecule has 0 bridgehead atoms. The number of pyridine rings is 1. The van der Waals surface area contributed by atoms with Crippen molar-refractivity contribution < 1.29 is 9.36 Å². The molecule has 1 heterocycles. The highest BCUT2D eigenvalue weighted by Crippen LogP contribution is 2.03. The highest BCUT2D eigenvalue weighted by molar-refractivity contribution is 6.30. The number of benzene rings is 1. The molecular weight excluding hydrogens is 222 g/mol. The average Bonchev–Trinajstić information content (AvgIpc) is 2.30. The van der Waals surface area contributed by atoms with Crippen LogP contribution in [0.5, 0.6) is 0 Å². The lowest BCUT2D eigenvalue weighted by atomic mass is 10.1. The molecule has 0 atom stereocenters. The van der Waals surface area contributed by atoms with Crippen molar-refractivity contribution in [3.05, 3.63) is 65.4 Å². The number of halogens is 1. The molecule has 2 rings (SSSR count). The Kier molecular flexibility index (Phi) is 3.32. The van der Waals surface area contributed by atoms with Crippen molar-refractivity contribution in [1.29, 1.82) is 0 Å². The Balaban J connectivity index is 2.14. The van der Waals surface area contributed by atoms with Gasteiger partial charge in [0.05, 0.1) is 0 Å². The fourth-order valence-electron chi connectivity index (χ4n) is 1.47. The van der Waals surface area contributed by atoms with Gasteiger partial charge in [-0.05, 0) is 6.07 Å². The lowest BCUT2D eigenvalue weighted by Gasteiger charge is -1.97. The first-order valence-corrected chi connectivity index (χ1v) is 5.36. The van der Waals surface area contributed by atoms with Crippen molar-refractivity contribution in [2.24, 2.45) is 0 Å². The summed E-state index contributed by atoms with van der Waals surface area (Å²) in [6.07, 6.45) is 3.56. The van der Waals surface area contributed by atoms with Crippen molar-refractivity contribution in [2.75, 3.05) is 0 Å². The molecule has 16 heavy (non-hydrogen) atoms. The summed E-state index contributed by atoms with van der Waals surface area (Å²) in [6, 6.07) is 12.8. The van der Waals surface area contributed by atoms with Crippen LogP contribution in [0.4, 0.5) is 0 Å². The smallest absolute Gasteiger partial charge is 0.227 e. The average molecular weight is 233 g/mol. The summed E-state index contributed by atoms with van der Waals surface area (Å²) >= 11 is 5.84. The van der Waals surface area contributed by atoms with Crippen LogP contribution < -0.4 is 4.57 Å². The Hall–Kier alpha value is -1.67. The molecule has 0 amide bonds. The van der Waals surface area contributed by atoms with Gasteiger partial charge in [-0.3, -0.25) is 4.79 Å². The summed E-state index contributed by atoms with van der Waals surface area (Å²) in [7, 11) is 0. The lowest BCUT2D eigenvalue weighted by Crippen LogP contribution is -2.37. The molecule has 0 unspecified atom stereocenters. The third kappa shape index (κ3) is 2.67. The predicted octanol–water partition coefficient (Wildman–Crippen LogP) is 2.51. The third-order valence-corrected chi connectivity index (χ3v) is 2.47. The van der Waals surface area contributed by atoms with Crippen molar-refractivity contribution in [3.63, 3.8) is 0 Å². The molecule has 3 heteroatoms. The van der Waals surface area contributed by atoms with Gasteiger partial charge in [-0.15, -0.1) is 0 Å². The van der Waals surface area contributed by atoms with Crippen LogP contribution in [-0.4, -0.2) is 5.78 Å². The van der Waals surface area contributed by atoms with Crippen LogP contribution in [0.25, 0.3) is 0 Å². The third-order valence-electron chi connectivity index (χ3n) is 2.24. The Morgan fingerprint density at radius 1 is 1.12 bits per heavy atom. The Morgan fingerprint density at radius 3 is 2.56 bits per heavy atom. The summed E-state index contributed by atoms with van der Waals surface area (Å²) in [5, 5.41) is 0.628. The number of carbonyl (C=O) groups excluding carboxylic acids is 1. The summed E-state index contributed by atoms with van der Waals surface area (Å²) < 4.78 is 1.78. The van der Waals surface area contributed by atoms with Gasteiger partial charge in [0.15, 0.2) is 12.4 Å². The molecule has 0 aliphatic carbocycles. The van der Waals surface area contributed by atoms with E-state index in [-0.39, 0.29) is 5.78 Å². The van der Waals surface area contributed by atoms with Crippen LogP contribution in [-0.2, 0) is 6.54 Å². The van der Waals surface area contributed by atoms with E-state index < -0.39 is 0 Å². The van der Waals surface area contributed by atoms with Gasteiger partial charge in [-0.1, -0.05) is 41.9 Å². The molecule has 1 aromatic carbocycles. The van der Waals surface area contributed by atoms with Crippen LogP contribution in [0.15, 0.2) is 54.9 Å². The maximum Gasteiger partial charge on any atom is 0.227 e. The van der Waals surface area contributed by atoms with Gasteiger partial charge < -0.3 is 0 Å². The van der Waals surface area contributed by atoms with Gasteiger partial charge in [-0.25, -0.2) is 0 Å². The number of hydrogen-bond donors (Lipinski definition) is 0. The molecule has 0 saturated carbocycles. The fraction of sp³-hybridized carbons (Fsp3) is 0.0769. The van der Waals surface area contributed by atoms with Gasteiger partial charge in [-0.2, -0.15) is 4.57 Å². The highest BCUT2D eigenvalue weighted by atomic mass is 35.5. The van der Waals surface area contributed by atoms with Gasteiger partial charge in [0.1, 0.15) is 5.02 Å². The van der Waals surface area contributed by atoms with E-state index in [1.165, 1.54) is 0 Å². The number of carbonyl (C=O) groups is 1. The largest absolute Gasteiger partial charge is 0.287 e. The first kappa shape index (κ1) is 10.8. The van der Waals surface area contributed by atoms with Crippen LogP contribution in [0.3, 0.4) is 0 Å². The monoisotopic (exact) mass is 232 g/mol. The number of aromatic nitrogens is 1. The summed E-state index contributed by atoms with van der Waals surface area (Å²) in [4.78, 5) is 11.9. The molecule has 2 aromatic rings. The summed E-state index contributed by atoms with van der Waals surface area (Å²) in [5.74, 6) is 0.0767. The van der Waals surface area contributed by atoms with E-state index in [9.17, 15) is 4.79 Å². The maximum atomic E-state index is 11.9. The SMILES string of the molecule is O=C(C[n+]1cccc(Cl)c1)c1ccccc1. The standard InChI is InChI=1S/C13H11ClNO/c14-12-7-4-8-15(9-12)10-13(16)11-5-2-1-3-6-11/h1-9H,10H2/q+1. The first-order valence-electron chi connectivity index (χ1n) is 4.98. The molecule has 2 nitrogen and oxygen atoms in total. The van der Waals surface area contributed by atoms with E-state index in [1.807, 2.05) is 42.6 Å². The molecule has 1 aromatic heterocycles. The molecule has 0 fully saturated rings. The second kappa shape index (κ2) is 4.90. The minimum absolute atomic E-state index is 0.0767. The van der Waals surface area contributed by atoms with Gasteiger partial charge in [0.25, 0.3) is 0 Å². The van der Waals surface area contributed by atoms with E-state index in [1.54, 1.807) is 16.8 Å². The number of hydrogen-bond acceptors (Lipinski definition) is 1. The number of Topliss-reactive ketones (excluding diaryl/α,β-unsaturated/α-hetero) is 1.